The van der Waals surface area contributed by atoms with Crippen molar-refractivity contribution in [3.63, 3.8) is 0 Å². The van der Waals surface area contributed by atoms with Crippen molar-refractivity contribution in [1.82, 2.24) is 5.01 Å². The number of carbonyl (C=O) groups is 1. The molecule has 2 aromatic rings. The molecule has 0 saturated carbocycles. The molecule has 146 valence electrons. The first-order chi connectivity index (χ1) is 13.4. The summed E-state index contributed by atoms with van der Waals surface area (Å²) in [6, 6.07) is 11.6. The number of rotatable bonds is 6. The van der Waals surface area contributed by atoms with Crippen molar-refractivity contribution in [2.75, 3.05) is 13.7 Å². The second-order valence-corrected chi connectivity index (χ2v) is 6.68. The maximum absolute atomic E-state index is 12.5. The Morgan fingerprint density at radius 2 is 1.89 bits per heavy atom. The number of carbonyl (C=O) groups excluding carboxylic acids is 1. The molecule has 0 fully saturated rings. The van der Waals surface area contributed by atoms with Gasteiger partial charge in [0.05, 0.1) is 18.9 Å². The zero-order valence-electron chi connectivity index (χ0n) is 14.7. The summed E-state index contributed by atoms with van der Waals surface area (Å²) < 4.78 is 5.15. The van der Waals surface area contributed by atoms with Gasteiger partial charge >= 0.3 is 0 Å². The Morgan fingerprint density at radius 1 is 1.25 bits per heavy atom. The molecule has 0 aromatic heterocycles. The molecule has 1 amide bonds. The van der Waals surface area contributed by atoms with E-state index in [9.17, 15) is 14.9 Å². The number of methoxy groups -OCH3 is 1. The van der Waals surface area contributed by atoms with E-state index in [1.54, 1.807) is 37.4 Å². The molecule has 0 N–H and O–H groups in total. The maximum Gasteiger partial charge on any atom is 0.295 e. The summed E-state index contributed by atoms with van der Waals surface area (Å²) >= 11 is 12.6. The Morgan fingerprint density at radius 3 is 2.46 bits per heavy atom. The monoisotopic (exact) mass is 423 g/mol. The van der Waals surface area contributed by atoms with Gasteiger partial charge in [-0.15, -0.1) is 10.1 Å². The van der Waals surface area contributed by atoms with E-state index >= 15 is 0 Å². The van der Waals surface area contributed by atoms with E-state index < -0.39 is 23.6 Å². The minimum absolute atomic E-state index is 0.333. The fourth-order valence-electron chi connectivity index (χ4n) is 2.93. The van der Waals surface area contributed by atoms with Crippen LogP contribution in [0, 0.1) is 10.1 Å². The number of ether oxygens (including phenoxy) is 1. The van der Waals surface area contributed by atoms with Crippen LogP contribution in [-0.4, -0.2) is 35.4 Å². The molecule has 0 radical (unpaired) electrons. The van der Waals surface area contributed by atoms with Crippen molar-refractivity contribution in [3.05, 3.63) is 73.8 Å². The molecule has 10 heteroatoms. The summed E-state index contributed by atoms with van der Waals surface area (Å²) in [4.78, 5) is 27.2. The summed E-state index contributed by atoms with van der Waals surface area (Å²) in [6.45, 7) is -0.759. The van der Waals surface area contributed by atoms with E-state index in [0.29, 0.717) is 33.5 Å². The summed E-state index contributed by atoms with van der Waals surface area (Å²) in [5.74, 6) is 0.00144. The van der Waals surface area contributed by atoms with Gasteiger partial charge < -0.3 is 9.57 Å². The summed E-state index contributed by atoms with van der Waals surface area (Å²) in [5.41, 5.74) is 1.91. The molecule has 1 aliphatic heterocycles. The predicted octanol–water partition coefficient (Wildman–Crippen LogP) is 3.89. The fraction of sp³-hybridized carbons (Fsp3) is 0.222. The molecular weight excluding hydrogens is 409 g/mol. The molecule has 2 aromatic carbocycles. The van der Waals surface area contributed by atoms with Gasteiger partial charge in [-0.05, 0) is 42.0 Å². The van der Waals surface area contributed by atoms with Crippen LogP contribution >= 0.6 is 23.2 Å². The number of hydrazone groups is 1. The van der Waals surface area contributed by atoms with E-state index in [4.69, 9.17) is 27.9 Å². The van der Waals surface area contributed by atoms with Crippen LogP contribution in [0.4, 0.5) is 0 Å². The van der Waals surface area contributed by atoms with Crippen LogP contribution in [-0.2, 0) is 9.63 Å². The highest BCUT2D eigenvalue weighted by molar-refractivity contribution is 6.36. The van der Waals surface area contributed by atoms with E-state index in [2.05, 4.69) is 9.94 Å². The Balaban J connectivity index is 1.96. The highest BCUT2D eigenvalue weighted by Crippen LogP contribution is 2.40. The van der Waals surface area contributed by atoms with Crippen molar-refractivity contribution in [2.45, 2.75) is 12.5 Å². The summed E-state index contributed by atoms with van der Waals surface area (Å²) in [7, 11) is 1.56. The number of benzene rings is 2. The van der Waals surface area contributed by atoms with E-state index in [1.807, 2.05) is 12.1 Å². The lowest BCUT2D eigenvalue weighted by atomic mass is 9.98. The Kier molecular flexibility index (Phi) is 6.01. The normalized spacial score (nSPS) is 15.9. The third-order valence-electron chi connectivity index (χ3n) is 4.22. The molecule has 1 unspecified atom stereocenters. The van der Waals surface area contributed by atoms with E-state index in [1.165, 1.54) is 0 Å². The van der Waals surface area contributed by atoms with Gasteiger partial charge in [-0.25, -0.2) is 5.01 Å². The smallest absolute Gasteiger partial charge is 0.295 e. The molecular formula is C18H15Cl2N3O5. The first-order valence-electron chi connectivity index (χ1n) is 8.16. The minimum Gasteiger partial charge on any atom is -0.497 e. The Hall–Kier alpha value is -2.84. The Bertz CT molecular complexity index is 913. The van der Waals surface area contributed by atoms with Crippen LogP contribution in [0.3, 0.4) is 0 Å². The average Bonchev–Trinajstić information content (AvgIpc) is 3.11. The van der Waals surface area contributed by atoms with Gasteiger partial charge in [0.1, 0.15) is 5.75 Å². The SMILES string of the molecule is COc1ccc(C2=NN(C(=O)CO[N+](=O)[O-])C(c3c(Cl)cccc3Cl)C2)cc1. The standard InChI is InChI=1S/C18H15Cl2N3O5/c1-27-12-7-5-11(6-8-12)15-9-16(18-13(19)3-2-4-14(18)20)22(21-15)17(24)10-28-23(25)26/h2-8,16H,9-10H2,1H3. The molecule has 3 rings (SSSR count). The lowest BCUT2D eigenvalue weighted by molar-refractivity contribution is -0.754. The first kappa shape index (κ1) is 19.9. The van der Waals surface area contributed by atoms with E-state index in [0.717, 1.165) is 10.6 Å². The molecule has 28 heavy (non-hydrogen) atoms. The summed E-state index contributed by atoms with van der Waals surface area (Å²) in [5, 5.41) is 15.7. The van der Waals surface area contributed by atoms with Crippen LogP contribution in [0.2, 0.25) is 10.0 Å². The van der Waals surface area contributed by atoms with Crippen LogP contribution < -0.4 is 4.74 Å². The van der Waals surface area contributed by atoms with Crippen molar-refractivity contribution >= 4 is 34.8 Å². The molecule has 0 spiro atoms. The summed E-state index contributed by atoms with van der Waals surface area (Å²) in [6.07, 6.45) is 0.333. The van der Waals surface area contributed by atoms with E-state index in [-0.39, 0.29) is 0 Å². The quantitative estimate of drug-likeness (QED) is 0.518. The molecule has 0 saturated heterocycles. The highest BCUT2D eigenvalue weighted by atomic mass is 35.5. The molecule has 0 aliphatic carbocycles. The molecule has 1 heterocycles. The van der Waals surface area contributed by atoms with Crippen LogP contribution in [0.15, 0.2) is 47.6 Å². The van der Waals surface area contributed by atoms with Gasteiger partial charge in [0, 0.05) is 22.0 Å². The lowest BCUT2D eigenvalue weighted by Gasteiger charge is -2.23. The second-order valence-electron chi connectivity index (χ2n) is 5.87. The van der Waals surface area contributed by atoms with Gasteiger partial charge in [0.15, 0.2) is 6.61 Å². The zero-order valence-corrected chi connectivity index (χ0v) is 16.2. The van der Waals surface area contributed by atoms with Gasteiger partial charge in [-0.1, -0.05) is 29.3 Å². The highest BCUT2D eigenvalue weighted by Gasteiger charge is 2.35. The predicted molar refractivity (Wildman–Crippen MR) is 103 cm³/mol. The van der Waals surface area contributed by atoms with Crippen molar-refractivity contribution < 1.29 is 19.5 Å². The van der Waals surface area contributed by atoms with Crippen molar-refractivity contribution in [2.24, 2.45) is 5.10 Å². The minimum atomic E-state index is -1.03. The van der Waals surface area contributed by atoms with Crippen molar-refractivity contribution in [1.29, 1.82) is 0 Å². The van der Waals surface area contributed by atoms with Gasteiger partial charge in [0.2, 0.25) is 0 Å². The number of hydrogen-bond donors (Lipinski definition) is 0. The van der Waals surface area contributed by atoms with Crippen LogP contribution in [0.25, 0.3) is 0 Å². The topological polar surface area (TPSA) is 94.3 Å². The van der Waals surface area contributed by atoms with Gasteiger partial charge in [-0.3, -0.25) is 4.79 Å². The number of amides is 1. The number of nitrogens with zero attached hydrogens (tertiary/aromatic N) is 3. The Labute approximate surface area is 170 Å². The molecule has 1 aliphatic rings. The molecule has 1 atom stereocenters. The molecule has 0 bridgehead atoms. The number of hydrogen-bond acceptors (Lipinski definition) is 6. The third-order valence-corrected chi connectivity index (χ3v) is 4.87. The van der Waals surface area contributed by atoms with Crippen LogP contribution in [0.1, 0.15) is 23.6 Å². The lowest BCUT2D eigenvalue weighted by Crippen LogP contribution is -2.31. The average molecular weight is 424 g/mol. The van der Waals surface area contributed by atoms with Gasteiger partial charge in [0.25, 0.3) is 11.0 Å². The zero-order chi connectivity index (χ0) is 20.3. The van der Waals surface area contributed by atoms with Crippen molar-refractivity contribution in [3.8, 4) is 5.75 Å². The fourth-order valence-corrected chi connectivity index (χ4v) is 3.58. The second kappa shape index (κ2) is 8.45. The first-order valence-corrected chi connectivity index (χ1v) is 8.91. The maximum atomic E-state index is 12.5. The third kappa shape index (κ3) is 4.18. The number of halogens is 2. The van der Waals surface area contributed by atoms with Gasteiger partial charge in [-0.2, -0.15) is 5.10 Å². The molecule has 8 nitrogen and oxygen atoms in total. The van der Waals surface area contributed by atoms with Crippen LogP contribution in [0.5, 0.6) is 5.75 Å². The largest absolute Gasteiger partial charge is 0.497 e.